The van der Waals surface area contributed by atoms with E-state index in [0.717, 1.165) is 0 Å². The monoisotopic (exact) mass is 166 g/mol. The first-order chi connectivity index (χ1) is 5.74. The number of nitrogen functional groups attached to an aromatic ring is 1. The Bertz CT molecular complexity index is 297. The Morgan fingerprint density at radius 1 is 1.67 bits per heavy atom. The molecule has 0 aromatic carbocycles. The maximum Gasteiger partial charge on any atom is 0.188 e. The van der Waals surface area contributed by atoms with Crippen molar-refractivity contribution in [3.8, 4) is 0 Å². The van der Waals surface area contributed by atoms with Crippen molar-refractivity contribution in [2.45, 2.75) is 0 Å². The van der Waals surface area contributed by atoms with Gasteiger partial charge in [-0.25, -0.2) is 0 Å². The quantitative estimate of drug-likeness (QED) is 0.366. The van der Waals surface area contributed by atoms with Gasteiger partial charge in [-0.05, 0) is 12.1 Å². The second-order valence-corrected chi connectivity index (χ2v) is 2.13. The zero-order valence-corrected chi connectivity index (χ0v) is 6.69. The number of rotatable bonds is 2. The third-order valence-corrected chi connectivity index (χ3v) is 1.24. The minimum Gasteiger partial charge on any atom is -0.399 e. The predicted molar refractivity (Wildman–Crippen MR) is 46.4 cm³/mol. The van der Waals surface area contributed by atoms with Crippen molar-refractivity contribution in [2.24, 2.45) is 10.9 Å². The third-order valence-electron chi connectivity index (χ3n) is 1.24. The van der Waals surface area contributed by atoms with E-state index in [1.165, 1.54) is 7.11 Å². The van der Waals surface area contributed by atoms with E-state index < -0.39 is 0 Å². The number of amidine groups is 1. The molecule has 1 rings (SSSR count). The number of anilines is 1. The van der Waals surface area contributed by atoms with Gasteiger partial charge in [-0.1, -0.05) is 5.16 Å². The molecule has 0 aliphatic heterocycles. The number of nitrogens with two attached hydrogens (primary N) is 2. The van der Waals surface area contributed by atoms with E-state index in [4.69, 9.17) is 11.5 Å². The van der Waals surface area contributed by atoms with Crippen LogP contribution in [-0.4, -0.2) is 17.9 Å². The SMILES string of the molecule is CO/N=C(\N)c1cc(N)ccn1. The van der Waals surface area contributed by atoms with Gasteiger partial charge >= 0.3 is 0 Å². The Balaban J connectivity index is 2.95. The van der Waals surface area contributed by atoms with Crippen molar-refractivity contribution in [2.75, 3.05) is 12.8 Å². The van der Waals surface area contributed by atoms with E-state index in [1.807, 2.05) is 0 Å². The molecule has 0 atom stereocenters. The highest BCUT2D eigenvalue weighted by atomic mass is 16.6. The van der Waals surface area contributed by atoms with Gasteiger partial charge < -0.3 is 16.3 Å². The summed E-state index contributed by atoms with van der Waals surface area (Å²) in [7, 11) is 1.42. The average Bonchev–Trinajstić information content (AvgIpc) is 2.05. The molecular weight excluding hydrogens is 156 g/mol. The van der Waals surface area contributed by atoms with Crippen LogP contribution >= 0.6 is 0 Å². The van der Waals surface area contributed by atoms with Gasteiger partial charge in [0.1, 0.15) is 12.8 Å². The number of hydrogen-bond acceptors (Lipinski definition) is 4. The van der Waals surface area contributed by atoms with Crippen molar-refractivity contribution in [3.63, 3.8) is 0 Å². The van der Waals surface area contributed by atoms with E-state index in [0.29, 0.717) is 11.4 Å². The van der Waals surface area contributed by atoms with Gasteiger partial charge in [-0.2, -0.15) is 0 Å². The number of aromatic nitrogens is 1. The Morgan fingerprint density at radius 3 is 3.00 bits per heavy atom. The molecule has 0 unspecified atom stereocenters. The number of oxime groups is 1. The zero-order chi connectivity index (χ0) is 8.97. The van der Waals surface area contributed by atoms with Crippen LogP contribution in [0.2, 0.25) is 0 Å². The highest BCUT2D eigenvalue weighted by Crippen LogP contribution is 2.01. The molecule has 4 N–H and O–H groups in total. The third kappa shape index (κ3) is 1.85. The fourth-order valence-corrected chi connectivity index (χ4v) is 0.732. The van der Waals surface area contributed by atoms with Gasteiger partial charge in [0.25, 0.3) is 0 Å². The molecule has 1 heterocycles. The summed E-state index contributed by atoms with van der Waals surface area (Å²) in [6.45, 7) is 0. The molecular formula is C7H10N4O. The van der Waals surface area contributed by atoms with E-state index in [-0.39, 0.29) is 5.84 Å². The van der Waals surface area contributed by atoms with Crippen molar-refractivity contribution in [1.29, 1.82) is 0 Å². The van der Waals surface area contributed by atoms with Crippen molar-refractivity contribution in [3.05, 3.63) is 24.0 Å². The number of nitrogens with zero attached hydrogens (tertiary/aromatic N) is 2. The smallest absolute Gasteiger partial charge is 0.188 e. The Hall–Kier alpha value is -1.78. The van der Waals surface area contributed by atoms with Gasteiger partial charge in [0.05, 0.1) is 0 Å². The molecule has 1 aromatic heterocycles. The summed E-state index contributed by atoms with van der Waals surface area (Å²) in [5.41, 5.74) is 12.1. The lowest BCUT2D eigenvalue weighted by atomic mass is 10.3. The highest BCUT2D eigenvalue weighted by molar-refractivity contribution is 5.95. The van der Waals surface area contributed by atoms with Crippen LogP contribution in [0.25, 0.3) is 0 Å². The van der Waals surface area contributed by atoms with Crippen molar-refractivity contribution in [1.82, 2.24) is 4.98 Å². The molecule has 12 heavy (non-hydrogen) atoms. The van der Waals surface area contributed by atoms with Crippen LogP contribution in [0.3, 0.4) is 0 Å². The molecule has 5 nitrogen and oxygen atoms in total. The van der Waals surface area contributed by atoms with E-state index in [9.17, 15) is 0 Å². The van der Waals surface area contributed by atoms with Gasteiger partial charge in [-0.15, -0.1) is 0 Å². The first-order valence-corrected chi connectivity index (χ1v) is 3.32. The van der Waals surface area contributed by atoms with Gasteiger partial charge in [0.15, 0.2) is 5.84 Å². The topological polar surface area (TPSA) is 86.5 Å². The molecule has 0 aliphatic carbocycles. The molecule has 0 saturated carbocycles. The molecule has 1 aromatic rings. The zero-order valence-electron chi connectivity index (χ0n) is 6.69. The molecule has 0 spiro atoms. The van der Waals surface area contributed by atoms with Crippen LogP contribution in [0.4, 0.5) is 5.69 Å². The molecule has 0 aliphatic rings. The number of pyridine rings is 1. The molecule has 0 amide bonds. The van der Waals surface area contributed by atoms with Gasteiger partial charge in [0, 0.05) is 11.9 Å². The Labute approximate surface area is 70.0 Å². The fourth-order valence-electron chi connectivity index (χ4n) is 0.732. The summed E-state index contributed by atoms with van der Waals surface area (Å²) >= 11 is 0. The lowest BCUT2D eigenvalue weighted by Gasteiger charge is -1.98. The average molecular weight is 166 g/mol. The van der Waals surface area contributed by atoms with Crippen molar-refractivity contribution < 1.29 is 4.84 Å². The summed E-state index contributed by atoms with van der Waals surface area (Å²) in [6, 6.07) is 3.29. The second kappa shape index (κ2) is 3.56. The summed E-state index contributed by atoms with van der Waals surface area (Å²) in [5, 5.41) is 3.51. The van der Waals surface area contributed by atoms with Crippen LogP contribution in [0, 0.1) is 0 Å². The number of hydrogen-bond donors (Lipinski definition) is 2. The van der Waals surface area contributed by atoms with Crippen LogP contribution in [0.1, 0.15) is 5.69 Å². The maximum absolute atomic E-state index is 5.50. The largest absolute Gasteiger partial charge is 0.399 e. The summed E-state index contributed by atoms with van der Waals surface area (Å²) in [4.78, 5) is 8.42. The summed E-state index contributed by atoms with van der Waals surface area (Å²) in [5.74, 6) is 0.213. The first kappa shape index (κ1) is 8.32. The molecule has 64 valence electrons. The van der Waals surface area contributed by atoms with Crippen molar-refractivity contribution >= 4 is 11.5 Å². The minimum absolute atomic E-state index is 0.213. The first-order valence-electron chi connectivity index (χ1n) is 3.32. The molecule has 0 fully saturated rings. The highest BCUT2D eigenvalue weighted by Gasteiger charge is 1.99. The van der Waals surface area contributed by atoms with Crippen LogP contribution in [0.15, 0.2) is 23.5 Å². The standard InChI is InChI=1S/C7H10N4O/c1-12-11-7(9)6-4-5(8)2-3-10-6/h2-4H,1H3,(H2,8,10)(H2,9,11). The van der Waals surface area contributed by atoms with Crippen LogP contribution in [0.5, 0.6) is 0 Å². The summed E-state index contributed by atoms with van der Waals surface area (Å²) < 4.78 is 0. The lowest BCUT2D eigenvalue weighted by Crippen LogP contribution is -2.15. The lowest BCUT2D eigenvalue weighted by molar-refractivity contribution is 0.213. The summed E-state index contributed by atoms with van der Waals surface area (Å²) in [6.07, 6.45) is 1.56. The van der Waals surface area contributed by atoms with E-state index in [1.54, 1.807) is 18.3 Å². The Morgan fingerprint density at radius 2 is 2.42 bits per heavy atom. The van der Waals surface area contributed by atoms with Crippen LogP contribution in [-0.2, 0) is 4.84 Å². The molecule has 0 saturated heterocycles. The van der Waals surface area contributed by atoms with Gasteiger partial charge in [0.2, 0.25) is 0 Å². The van der Waals surface area contributed by atoms with Gasteiger partial charge in [-0.3, -0.25) is 4.98 Å². The maximum atomic E-state index is 5.50. The fraction of sp³-hybridized carbons (Fsp3) is 0.143. The normalized spacial score (nSPS) is 11.2. The molecule has 0 bridgehead atoms. The predicted octanol–water partition coefficient (Wildman–Crippen LogP) is -0.0695. The molecule has 5 heteroatoms. The van der Waals surface area contributed by atoms with Crippen LogP contribution < -0.4 is 11.5 Å². The minimum atomic E-state index is 0.213. The second-order valence-electron chi connectivity index (χ2n) is 2.13. The Kier molecular flexibility index (Phi) is 2.47. The van der Waals surface area contributed by atoms with E-state index in [2.05, 4.69) is 15.0 Å². The van der Waals surface area contributed by atoms with E-state index >= 15 is 0 Å². The molecule has 0 radical (unpaired) electrons.